The Hall–Kier alpha value is -0.530. The third-order valence-electron chi connectivity index (χ3n) is 4.00. The zero-order valence-corrected chi connectivity index (χ0v) is 15.1. The Balaban J connectivity index is 3.14. The first-order valence-electron chi connectivity index (χ1n) is 9.26. The molecule has 0 aliphatic heterocycles. The van der Waals surface area contributed by atoms with Gasteiger partial charge in [0.15, 0.2) is 0 Å². The van der Waals surface area contributed by atoms with Crippen molar-refractivity contribution in [1.82, 2.24) is 5.32 Å². The average molecular weight is 298 g/mol. The number of carbonyl (C=O) groups is 1. The molecule has 0 heterocycles. The minimum Gasteiger partial charge on any atom is -0.356 e. The summed E-state index contributed by atoms with van der Waals surface area (Å²) >= 11 is 0. The first-order valence-corrected chi connectivity index (χ1v) is 9.26. The number of carbonyl (C=O) groups excluding carboxylic acids is 1. The molecule has 1 amide bonds. The molecule has 0 fully saturated rings. The maximum Gasteiger partial charge on any atom is 0.225 e. The molecule has 0 unspecified atom stereocenters. The van der Waals surface area contributed by atoms with E-state index in [9.17, 15) is 4.79 Å². The number of amides is 1. The van der Waals surface area contributed by atoms with Crippen molar-refractivity contribution in [2.75, 3.05) is 6.54 Å². The highest BCUT2D eigenvalue weighted by atomic mass is 16.2. The lowest BCUT2D eigenvalue weighted by Gasteiger charge is -2.17. The summed E-state index contributed by atoms with van der Waals surface area (Å²) in [5, 5.41) is 3.02. The van der Waals surface area contributed by atoms with Gasteiger partial charge in [0.25, 0.3) is 0 Å². The van der Waals surface area contributed by atoms with E-state index in [1.807, 2.05) is 20.8 Å². The van der Waals surface area contributed by atoms with Crippen LogP contribution in [0.25, 0.3) is 0 Å². The molecular formula is C19H39NO. The van der Waals surface area contributed by atoms with Gasteiger partial charge in [0, 0.05) is 12.0 Å². The monoisotopic (exact) mass is 297 g/mol. The molecule has 0 aromatic carbocycles. The summed E-state index contributed by atoms with van der Waals surface area (Å²) in [6, 6.07) is 0. The first-order chi connectivity index (χ1) is 9.98. The van der Waals surface area contributed by atoms with Gasteiger partial charge in [0.05, 0.1) is 0 Å². The van der Waals surface area contributed by atoms with Gasteiger partial charge >= 0.3 is 0 Å². The highest BCUT2D eigenvalue weighted by molar-refractivity contribution is 5.81. The minimum atomic E-state index is -0.253. The smallest absolute Gasteiger partial charge is 0.225 e. The van der Waals surface area contributed by atoms with Crippen LogP contribution in [-0.4, -0.2) is 12.5 Å². The highest BCUT2D eigenvalue weighted by Crippen LogP contribution is 2.13. The van der Waals surface area contributed by atoms with Gasteiger partial charge < -0.3 is 5.32 Å². The van der Waals surface area contributed by atoms with Crippen LogP contribution in [0.5, 0.6) is 0 Å². The van der Waals surface area contributed by atoms with Crippen LogP contribution in [0.1, 0.15) is 105 Å². The predicted molar refractivity (Wildman–Crippen MR) is 93.5 cm³/mol. The standard InChI is InChI=1S/C19H39NO/c1-5-6-7-8-9-10-11-12-13-14-15-16-17-20-18(21)19(2,3)4/h5-17H2,1-4H3,(H,20,21). The lowest BCUT2D eigenvalue weighted by atomic mass is 9.96. The van der Waals surface area contributed by atoms with Crippen molar-refractivity contribution in [2.24, 2.45) is 5.41 Å². The lowest BCUT2D eigenvalue weighted by molar-refractivity contribution is -0.128. The Bertz CT molecular complexity index is 242. The normalized spacial score (nSPS) is 11.6. The number of hydrogen-bond acceptors (Lipinski definition) is 1. The summed E-state index contributed by atoms with van der Waals surface area (Å²) in [5.74, 6) is 0.172. The number of hydrogen-bond donors (Lipinski definition) is 1. The van der Waals surface area contributed by atoms with Crippen molar-refractivity contribution in [3.8, 4) is 0 Å². The molecule has 0 rings (SSSR count). The van der Waals surface area contributed by atoms with E-state index >= 15 is 0 Å². The molecule has 0 atom stereocenters. The van der Waals surface area contributed by atoms with Gasteiger partial charge in [0.1, 0.15) is 0 Å². The largest absolute Gasteiger partial charge is 0.356 e. The average Bonchev–Trinajstić information content (AvgIpc) is 2.42. The lowest BCUT2D eigenvalue weighted by Crippen LogP contribution is -2.35. The maximum absolute atomic E-state index is 11.7. The number of nitrogens with one attached hydrogen (secondary N) is 1. The van der Waals surface area contributed by atoms with Gasteiger partial charge in [-0.05, 0) is 6.42 Å². The molecule has 1 N–H and O–H groups in total. The van der Waals surface area contributed by atoms with Crippen molar-refractivity contribution in [2.45, 2.75) is 105 Å². The van der Waals surface area contributed by atoms with Crippen LogP contribution in [0.2, 0.25) is 0 Å². The zero-order chi connectivity index (χ0) is 16.0. The van der Waals surface area contributed by atoms with Crippen molar-refractivity contribution < 1.29 is 4.79 Å². The molecule has 2 heteroatoms. The Morgan fingerprint density at radius 2 is 1.10 bits per heavy atom. The predicted octanol–water partition coefficient (Wildman–Crippen LogP) is 5.85. The quantitative estimate of drug-likeness (QED) is 0.424. The second-order valence-electron chi connectivity index (χ2n) is 7.39. The van der Waals surface area contributed by atoms with E-state index in [2.05, 4.69) is 12.2 Å². The molecule has 21 heavy (non-hydrogen) atoms. The van der Waals surface area contributed by atoms with Gasteiger partial charge in [-0.1, -0.05) is 98.3 Å². The van der Waals surface area contributed by atoms with E-state index in [1.54, 1.807) is 0 Å². The molecule has 0 radical (unpaired) electrons. The fraction of sp³-hybridized carbons (Fsp3) is 0.947. The number of rotatable bonds is 13. The van der Waals surface area contributed by atoms with E-state index in [-0.39, 0.29) is 11.3 Å². The molecule has 0 saturated heterocycles. The minimum absolute atomic E-state index is 0.172. The molecular weight excluding hydrogens is 258 g/mol. The second kappa shape index (κ2) is 13.2. The van der Waals surface area contributed by atoms with Crippen LogP contribution in [-0.2, 0) is 4.79 Å². The highest BCUT2D eigenvalue weighted by Gasteiger charge is 2.19. The van der Waals surface area contributed by atoms with Crippen molar-refractivity contribution in [3.05, 3.63) is 0 Å². The Kier molecular flexibility index (Phi) is 12.8. The van der Waals surface area contributed by atoms with E-state index in [0.717, 1.165) is 13.0 Å². The second-order valence-corrected chi connectivity index (χ2v) is 7.39. The topological polar surface area (TPSA) is 29.1 Å². The maximum atomic E-state index is 11.7. The Labute approximate surface area is 133 Å². The first kappa shape index (κ1) is 20.5. The van der Waals surface area contributed by atoms with Gasteiger partial charge in [-0.15, -0.1) is 0 Å². The molecule has 0 bridgehead atoms. The fourth-order valence-corrected chi connectivity index (χ4v) is 2.43. The van der Waals surface area contributed by atoms with E-state index in [0.29, 0.717) is 0 Å². The summed E-state index contributed by atoms with van der Waals surface area (Å²) in [7, 11) is 0. The van der Waals surface area contributed by atoms with Gasteiger partial charge in [-0.3, -0.25) is 4.79 Å². The van der Waals surface area contributed by atoms with Crippen molar-refractivity contribution in [3.63, 3.8) is 0 Å². The molecule has 2 nitrogen and oxygen atoms in total. The van der Waals surface area contributed by atoms with Crippen LogP contribution < -0.4 is 5.32 Å². The van der Waals surface area contributed by atoms with Gasteiger partial charge in [-0.2, -0.15) is 0 Å². The number of unbranched alkanes of at least 4 members (excludes halogenated alkanes) is 11. The molecule has 0 saturated carbocycles. The summed E-state index contributed by atoms with van der Waals surface area (Å²) in [4.78, 5) is 11.7. The van der Waals surface area contributed by atoms with E-state index in [4.69, 9.17) is 0 Å². The summed E-state index contributed by atoms with van der Waals surface area (Å²) in [6.45, 7) is 9.00. The van der Waals surface area contributed by atoms with Crippen LogP contribution in [0, 0.1) is 5.41 Å². The molecule has 0 aromatic rings. The van der Waals surface area contributed by atoms with Crippen molar-refractivity contribution >= 4 is 5.91 Å². The van der Waals surface area contributed by atoms with Crippen LogP contribution in [0.15, 0.2) is 0 Å². The third kappa shape index (κ3) is 14.2. The molecule has 0 aromatic heterocycles. The van der Waals surface area contributed by atoms with Crippen molar-refractivity contribution in [1.29, 1.82) is 0 Å². The molecule has 0 aliphatic carbocycles. The van der Waals surface area contributed by atoms with Crippen LogP contribution in [0.4, 0.5) is 0 Å². The van der Waals surface area contributed by atoms with E-state index < -0.39 is 0 Å². The van der Waals surface area contributed by atoms with Gasteiger partial charge in [0.2, 0.25) is 5.91 Å². The Morgan fingerprint density at radius 1 is 0.714 bits per heavy atom. The molecule has 0 spiro atoms. The summed E-state index contributed by atoms with van der Waals surface area (Å²) in [6.07, 6.45) is 16.3. The summed E-state index contributed by atoms with van der Waals surface area (Å²) < 4.78 is 0. The third-order valence-corrected chi connectivity index (χ3v) is 4.00. The zero-order valence-electron chi connectivity index (χ0n) is 15.1. The van der Waals surface area contributed by atoms with Gasteiger partial charge in [-0.25, -0.2) is 0 Å². The molecule has 126 valence electrons. The van der Waals surface area contributed by atoms with Crippen LogP contribution >= 0.6 is 0 Å². The van der Waals surface area contributed by atoms with Crippen LogP contribution in [0.3, 0.4) is 0 Å². The molecule has 0 aliphatic rings. The Morgan fingerprint density at radius 3 is 1.48 bits per heavy atom. The SMILES string of the molecule is CCCCCCCCCCCCCCNC(=O)C(C)(C)C. The van der Waals surface area contributed by atoms with E-state index in [1.165, 1.54) is 70.6 Å². The summed E-state index contributed by atoms with van der Waals surface area (Å²) in [5.41, 5.74) is -0.253. The fourth-order valence-electron chi connectivity index (χ4n) is 2.43.